The van der Waals surface area contributed by atoms with Gasteiger partial charge in [-0.05, 0) is 37.1 Å². The molecule has 4 heterocycles. The Bertz CT molecular complexity index is 874. The number of amides is 1. The zero-order valence-electron chi connectivity index (χ0n) is 13.6. The van der Waals surface area contributed by atoms with E-state index in [0.29, 0.717) is 12.1 Å². The van der Waals surface area contributed by atoms with Gasteiger partial charge in [0.25, 0.3) is 5.91 Å². The quantitative estimate of drug-likeness (QED) is 0.801. The summed E-state index contributed by atoms with van der Waals surface area (Å²) in [7, 11) is 1.88. The van der Waals surface area contributed by atoms with E-state index in [1.807, 2.05) is 54.2 Å². The first-order valence-electron chi connectivity index (χ1n) is 8.22. The molecule has 0 aliphatic carbocycles. The Kier molecular flexibility index (Phi) is 3.82. The minimum absolute atomic E-state index is 0.0728. The van der Waals surface area contributed by atoms with Gasteiger partial charge in [0.05, 0.1) is 22.9 Å². The lowest BCUT2D eigenvalue weighted by atomic mass is 10.2. The number of fused-ring (bicyclic) bond motifs is 1. The number of aromatic nitrogens is 3. The largest absolute Gasteiger partial charge is 0.376 e. The smallest absolute Gasteiger partial charge is 0.253 e. The Morgan fingerprint density at radius 2 is 2.29 bits per heavy atom. The van der Waals surface area contributed by atoms with Gasteiger partial charge in [-0.1, -0.05) is 6.07 Å². The lowest BCUT2D eigenvalue weighted by Crippen LogP contribution is -2.31. The Morgan fingerprint density at radius 3 is 3.04 bits per heavy atom. The third-order valence-corrected chi connectivity index (χ3v) is 4.41. The molecule has 0 radical (unpaired) electrons. The molecule has 6 heteroatoms. The summed E-state index contributed by atoms with van der Waals surface area (Å²) in [6.45, 7) is 1.35. The van der Waals surface area contributed by atoms with Gasteiger partial charge in [0.2, 0.25) is 0 Å². The molecule has 1 unspecified atom stereocenters. The van der Waals surface area contributed by atoms with Gasteiger partial charge >= 0.3 is 0 Å². The average molecular weight is 324 g/mol. The summed E-state index contributed by atoms with van der Waals surface area (Å²) in [5.74, 6) is -0.0728. The summed E-state index contributed by atoms with van der Waals surface area (Å²) in [6, 6.07) is 9.70. The molecule has 0 bridgehead atoms. The van der Waals surface area contributed by atoms with Crippen LogP contribution in [0.15, 0.2) is 42.7 Å². The first kappa shape index (κ1) is 15.0. The van der Waals surface area contributed by atoms with Crippen LogP contribution < -0.4 is 5.32 Å². The molecule has 1 aliphatic rings. The molecule has 1 saturated heterocycles. The molecular formula is C18H20N4O2. The number of hydrogen-bond donors (Lipinski definition) is 1. The van der Waals surface area contributed by atoms with Crippen molar-refractivity contribution in [2.45, 2.75) is 18.9 Å². The van der Waals surface area contributed by atoms with E-state index in [-0.39, 0.29) is 12.0 Å². The van der Waals surface area contributed by atoms with E-state index in [2.05, 4.69) is 10.4 Å². The van der Waals surface area contributed by atoms with Crippen molar-refractivity contribution in [3.63, 3.8) is 0 Å². The number of ether oxygens (including phenoxy) is 1. The van der Waals surface area contributed by atoms with Gasteiger partial charge in [-0.25, -0.2) is 0 Å². The molecular weight excluding hydrogens is 304 g/mol. The molecule has 24 heavy (non-hydrogen) atoms. The van der Waals surface area contributed by atoms with Gasteiger partial charge in [-0.3, -0.25) is 9.48 Å². The topological polar surface area (TPSA) is 60.6 Å². The second-order valence-corrected chi connectivity index (χ2v) is 6.12. The van der Waals surface area contributed by atoms with E-state index in [0.717, 1.165) is 36.4 Å². The lowest BCUT2D eigenvalue weighted by molar-refractivity contribution is 0.0859. The van der Waals surface area contributed by atoms with Crippen LogP contribution in [0.5, 0.6) is 0 Å². The minimum atomic E-state index is -0.0728. The highest BCUT2D eigenvalue weighted by Crippen LogP contribution is 2.25. The Morgan fingerprint density at radius 1 is 1.38 bits per heavy atom. The van der Waals surface area contributed by atoms with Gasteiger partial charge in [-0.15, -0.1) is 0 Å². The van der Waals surface area contributed by atoms with Crippen molar-refractivity contribution in [1.29, 1.82) is 0 Å². The summed E-state index contributed by atoms with van der Waals surface area (Å²) >= 11 is 0. The van der Waals surface area contributed by atoms with Crippen LogP contribution >= 0.6 is 0 Å². The monoisotopic (exact) mass is 324 g/mol. The van der Waals surface area contributed by atoms with Gasteiger partial charge in [0.15, 0.2) is 0 Å². The van der Waals surface area contributed by atoms with Crippen molar-refractivity contribution < 1.29 is 9.53 Å². The third kappa shape index (κ3) is 2.69. The van der Waals surface area contributed by atoms with Crippen molar-refractivity contribution in [3.05, 3.63) is 48.3 Å². The average Bonchev–Trinajstić information content (AvgIpc) is 3.32. The van der Waals surface area contributed by atoms with E-state index in [1.54, 1.807) is 4.68 Å². The van der Waals surface area contributed by atoms with Crippen molar-refractivity contribution >= 4 is 11.4 Å². The van der Waals surface area contributed by atoms with Crippen LogP contribution in [0.4, 0.5) is 0 Å². The maximum atomic E-state index is 12.7. The normalized spacial score (nSPS) is 17.5. The van der Waals surface area contributed by atoms with E-state index in [1.165, 1.54) is 0 Å². The van der Waals surface area contributed by atoms with E-state index >= 15 is 0 Å². The molecule has 1 aliphatic heterocycles. The van der Waals surface area contributed by atoms with Crippen LogP contribution in [0.1, 0.15) is 23.2 Å². The van der Waals surface area contributed by atoms with E-state index in [4.69, 9.17) is 4.74 Å². The minimum Gasteiger partial charge on any atom is -0.376 e. The van der Waals surface area contributed by atoms with Gasteiger partial charge in [0, 0.05) is 32.6 Å². The Hall–Kier alpha value is -2.60. The Balaban J connectivity index is 1.66. The zero-order valence-corrected chi connectivity index (χ0v) is 13.6. The number of carbonyl (C=O) groups excluding carboxylic acids is 1. The van der Waals surface area contributed by atoms with Crippen LogP contribution in [-0.4, -0.2) is 39.3 Å². The number of rotatable bonds is 4. The standard InChI is InChI=1S/C18H20N4O2/c1-21-9-7-15(20-21)17-11-14(16-6-2-3-8-22(16)17)18(23)19-12-13-5-4-10-24-13/h2-3,6-9,11,13H,4-5,10,12H2,1H3,(H,19,23). The number of carbonyl (C=O) groups is 1. The molecule has 0 aromatic carbocycles. The highest BCUT2D eigenvalue weighted by atomic mass is 16.5. The molecule has 4 rings (SSSR count). The van der Waals surface area contributed by atoms with Gasteiger partial charge < -0.3 is 14.5 Å². The lowest BCUT2D eigenvalue weighted by Gasteiger charge is -2.10. The predicted octanol–water partition coefficient (Wildman–Crippen LogP) is 2.25. The van der Waals surface area contributed by atoms with Crippen LogP contribution in [0, 0.1) is 0 Å². The summed E-state index contributed by atoms with van der Waals surface area (Å²) in [6.07, 6.45) is 6.07. The van der Waals surface area contributed by atoms with Crippen LogP contribution in [-0.2, 0) is 11.8 Å². The summed E-state index contributed by atoms with van der Waals surface area (Å²) in [4.78, 5) is 12.7. The molecule has 0 saturated carbocycles. The first-order chi connectivity index (χ1) is 11.7. The number of nitrogens with zero attached hydrogens (tertiary/aromatic N) is 3. The molecule has 1 N–H and O–H groups in total. The summed E-state index contributed by atoms with van der Waals surface area (Å²) in [5, 5.41) is 7.46. The first-order valence-corrected chi connectivity index (χ1v) is 8.22. The number of nitrogens with one attached hydrogen (secondary N) is 1. The molecule has 1 amide bonds. The number of pyridine rings is 1. The van der Waals surface area contributed by atoms with Crippen LogP contribution in [0.25, 0.3) is 16.9 Å². The molecule has 1 atom stereocenters. The SMILES string of the molecule is Cn1ccc(-c2cc(C(=O)NCC3CCCO3)c3ccccn23)n1. The van der Waals surface area contributed by atoms with Crippen molar-refractivity contribution in [3.8, 4) is 11.4 Å². The zero-order chi connectivity index (χ0) is 16.5. The van der Waals surface area contributed by atoms with Crippen LogP contribution in [0.2, 0.25) is 0 Å². The molecule has 3 aromatic heterocycles. The predicted molar refractivity (Wildman–Crippen MR) is 90.9 cm³/mol. The van der Waals surface area contributed by atoms with Gasteiger partial charge in [0.1, 0.15) is 5.69 Å². The third-order valence-electron chi connectivity index (χ3n) is 4.41. The second-order valence-electron chi connectivity index (χ2n) is 6.12. The highest BCUT2D eigenvalue weighted by Gasteiger charge is 2.20. The second kappa shape index (κ2) is 6.13. The maximum absolute atomic E-state index is 12.7. The molecule has 6 nitrogen and oxygen atoms in total. The summed E-state index contributed by atoms with van der Waals surface area (Å²) in [5.41, 5.74) is 3.29. The Labute approximate surface area is 140 Å². The molecule has 0 spiro atoms. The van der Waals surface area contributed by atoms with Crippen LogP contribution in [0.3, 0.4) is 0 Å². The van der Waals surface area contributed by atoms with E-state index in [9.17, 15) is 4.79 Å². The number of aryl methyl sites for hydroxylation is 1. The summed E-state index contributed by atoms with van der Waals surface area (Å²) < 4.78 is 9.33. The number of hydrogen-bond acceptors (Lipinski definition) is 3. The van der Waals surface area contributed by atoms with Crippen molar-refractivity contribution in [2.24, 2.45) is 7.05 Å². The highest BCUT2D eigenvalue weighted by molar-refractivity contribution is 6.02. The van der Waals surface area contributed by atoms with Crippen molar-refractivity contribution in [2.75, 3.05) is 13.2 Å². The molecule has 3 aromatic rings. The maximum Gasteiger partial charge on any atom is 0.253 e. The molecule has 1 fully saturated rings. The fourth-order valence-electron chi connectivity index (χ4n) is 3.19. The fourth-order valence-corrected chi connectivity index (χ4v) is 3.19. The van der Waals surface area contributed by atoms with Gasteiger partial charge in [-0.2, -0.15) is 5.10 Å². The fraction of sp³-hybridized carbons (Fsp3) is 0.333. The molecule has 124 valence electrons. The van der Waals surface area contributed by atoms with E-state index < -0.39 is 0 Å². The van der Waals surface area contributed by atoms with Crippen molar-refractivity contribution in [1.82, 2.24) is 19.5 Å².